The van der Waals surface area contributed by atoms with Gasteiger partial charge in [0, 0.05) is 0 Å². The van der Waals surface area contributed by atoms with Crippen molar-refractivity contribution in [1.29, 1.82) is 0 Å². The number of aliphatic imine (C=N–C) groups is 1. The standard InChI is InChI=1S/C15H18N2O/c1-12-16-15(9-5-6-10-15)14(18)17(12)11-13-7-3-2-4-8-13/h2-4,7-8H,5-6,9-11H2,1H3. The average Bonchev–Trinajstić information content (AvgIpc) is 2.93. The molecule has 1 aromatic rings. The summed E-state index contributed by atoms with van der Waals surface area (Å²) in [4.78, 5) is 19.1. The zero-order chi connectivity index (χ0) is 12.6. The number of amidine groups is 1. The van der Waals surface area contributed by atoms with E-state index in [2.05, 4.69) is 17.1 Å². The van der Waals surface area contributed by atoms with Crippen LogP contribution in [0.5, 0.6) is 0 Å². The molecule has 1 aromatic carbocycles. The highest BCUT2D eigenvalue weighted by atomic mass is 16.2. The number of nitrogens with zero attached hydrogens (tertiary/aromatic N) is 2. The molecule has 1 amide bonds. The van der Waals surface area contributed by atoms with E-state index in [-0.39, 0.29) is 5.91 Å². The summed E-state index contributed by atoms with van der Waals surface area (Å²) in [7, 11) is 0. The molecule has 0 radical (unpaired) electrons. The Balaban J connectivity index is 1.83. The first-order chi connectivity index (χ1) is 8.71. The quantitative estimate of drug-likeness (QED) is 0.785. The van der Waals surface area contributed by atoms with Gasteiger partial charge in [-0.3, -0.25) is 14.7 Å². The second-order valence-corrected chi connectivity index (χ2v) is 5.27. The second kappa shape index (κ2) is 4.23. The first kappa shape index (κ1) is 11.5. The Morgan fingerprint density at radius 1 is 1.22 bits per heavy atom. The van der Waals surface area contributed by atoms with Crippen molar-refractivity contribution in [2.45, 2.75) is 44.7 Å². The normalized spacial score (nSPS) is 21.7. The van der Waals surface area contributed by atoms with Gasteiger partial charge in [-0.05, 0) is 25.3 Å². The Morgan fingerprint density at radius 2 is 1.89 bits per heavy atom. The number of hydrogen-bond acceptors (Lipinski definition) is 2. The topological polar surface area (TPSA) is 32.7 Å². The predicted molar refractivity (Wildman–Crippen MR) is 71.3 cm³/mol. The minimum atomic E-state index is -0.404. The fourth-order valence-electron chi connectivity index (χ4n) is 3.05. The third-order valence-corrected chi connectivity index (χ3v) is 4.02. The van der Waals surface area contributed by atoms with Crippen LogP contribution in [0.1, 0.15) is 38.2 Å². The van der Waals surface area contributed by atoms with E-state index in [0.717, 1.165) is 37.1 Å². The van der Waals surface area contributed by atoms with Crippen LogP contribution in [0.2, 0.25) is 0 Å². The van der Waals surface area contributed by atoms with Crippen LogP contribution in [0.4, 0.5) is 0 Å². The minimum absolute atomic E-state index is 0.210. The Labute approximate surface area is 108 Å². The molecule has 2 aliphatic rings. The average molecular weight is 242 g/mol. The van der Waals surface area contributed by atoms with Crippen LogP contribution in [-0.2, 0) is 11.3 Å². The van der Waals surface area contributed by atoms with E-state index in [1.165, 1.54) is 0 Å². The summed E-state index contributed by atoms with van der Waals surface area (Å²) >= 11 is 0. The van der Waals surface area contributed by atoms with Gasteiger partial charge in [0.05, 0.1) is 6.54 Å². The molecule has 1 fully saturated rings. The molecule has 3 heteroatoms. The fraction of sp³-hybridized carbons (Fsp3) is 0.467. The van der Waals surface area contributed by atoms with E-state index in [1.54, 1.807) is 0 Å². The molecule has 1 aliphatic carbocycles. The largest absolute Gasteiger partial charge is 0.294 e. The molecule has 0 bridgehead atoms. The number of benzene rings is 1. The third kappa shape index (κ3) is 1.74. The van der Waals surface area contributed by atoms with Crippen molar-refractivity contribution in [3.05, 3.63) is 35.9 Å². The van der Waals surface area contributed by atoms with Gasteiger partial charge in [0.25, 0.3) is 5.91 Å². The van der Waals surface area contributed by atoms with Crippen molar-refractivity contribution in [3.63, 3.8) is 0 Å². The molecular weight excluding hydrogens is 224 g/mol. The molecule has 0 unspecified atom stereocenters. The second-order valence-electron chi connectivity index (χ2n) is 5.27. The van der Waals surface area contributed by atoms with E-state index in [4.69, 9.17) is 0 Å². The lowest BCUT2D eigenvalue weighted by Gasteiger charge is -2.21. The number of hydrogen-bond donors (Lipinski definition) is 0. The Kier molecular flexibility index (Phi) is 2.69. The zero-order valence-electron chi connectivity index (χ0n) is 10.7. The van der Waals surface area contributed by atoms with Crippen LogP contribution >= 0.6 is 0 Å². The van der Waals surface area contributed by atoms with Gasteiger partial charge in [-0.25, -0.2) is 0 Å². The van der Waals surface area contributed by atoms with Crippen LogP contribution in [-0.4, -0.2) is 22.2 Å². The molecule has 1 aliphatic heterocycles. The molecule has 1 spiro atoms. The van der Waals surface area contributed by atoms with Crippen LogP contribution < -0.4 is 0 Å². The molecule has 18 heavy (non-hydrogen) atoms. The monoisotopic (exact) mass is 242 g/mol. The molecular formula is C15H18N2O. The highest BCUT2D eigenvalue weighted by Crippen LogP contribution is 2.39. The first-order valence-corrected chi connectivity index (χ1v) is 6.64. The van der Waals surface area contributed by atoms with Gasteiger partial charge in [-0.2, -0.15) is 0 Å². The molecule has 1 heterocycles. The van der Waals surface area contributed by atoms with Gasteiger partial charge in [-0.1, -0.05) is 43.2 Å². The Morgan fingerprint density at radius 3 is 2.56 bits per heavy atom. The van der Waals surface area contributed by atoms with E-state index in [9.17, 15) is 4.79 Å². The lowest BCUT2D eigenvalue weighted by Crippen LogP contribution is -2.40. The van der Waals surface area contributed by atoms with Crippen molar-refractivity contribution in [1.82, 2.24) is 4.90 Å². The first-order valence-electron chi connectivity index (χ1n) is 6.64. The summed E-state index contributed by atoms with van der Waals surface area (Å²) in [5.74, 6) is 1.09. The number of carbonyl (C=O) groups is 1. The molecule has 0 atom stereocenters. The summed E-state index contributed by atoms with van der Waals surface area (Å²) in [6, 6.07) is 10.1. The van der Waals surface area contributed by atoms with Crippen molar-refractivity contribution >= 4 is 11.7 Å². The number of carbonyl (C=O) groups excluding carboxylic acids is 1. The van der Waals surface area contributed by atoms with Crippen LogP contribution in [0.25, 0.3) is 0 Å². The number of rotatable bonds is 2. The maximum Gasteiger partial charge on any atom is 0.256 e. The van der Waals surface area contributed by atoms with Crippen molar-refractivity contribution in [3.8, 4) is 0 Å². The van der Waals surface area contributed by atoms with Gasteiger partial charge >= 0.3 is 0 Å². The molecule has 94 valence electrons. The summed E-state index contributed by atoms with van der Waals surface area (Å²) < 4.78 is 0. The van der Waals surface area contributed by atoms with Crippen LogP contribution in [0.15, 0.2) is 35.3 Å². The summed E-state index contributed by atoms with van der Waals surface area (Å²) in [5, 5.41) is 0. The molecule has 3 rings (SSSR count). The van der Waals surface area contributed by atoms with E-state index in [0.29, 0.717) is 6.54 Å². The molecule has 0 N–H and O–H groups in total. The lowest BCUT2D eigenvalue weighted by molar-refractivity contribution is -0.131. The maximum absolute atomic E-state index is 12.6. The van der Waals surface area contributed by atoms with Crippen LogP contribution in [0.3, 0.4) is 0 Å². The van der Waals surface area contributed by atoms with Gasteiger partial charge < -0.3 is 0 Å². The highest BCUT2D eigenvalue weighted by molar-refractivity contribution is 6.07. The van der Waals surface area contributed by atoms with Crippen LogP contribution in [0, 0.1) is 0 Å². The zero-order valence-corrected chi connectivity index (χ0v) is 10.7. The highest BCUT2D eigenvalue weighted by Gasteiger charge is 2.48. The summed E-state index contributed by atoms with van der Waals surface area (Å²) in [5.41, 5.74) is 0.759. The van der Waals surface area contributed by atoms with Gasteiger partial charge in [0.15, 0.2) is 0 Å². The van der Waals surface area contributed by atoms with Gasteiger partial charge in [-0.15, -0.1) is 0 Å². The smallest absolute Gasteiger partial charge is 0.256 e. The van der Waals surface area contributed by atoms with E-state index in [1.807, 2.05) is 30.0 Å². The Hall–Kier alpha value is -1.64. The maximum atomic E-state index is 12.6. The van der Waals surface area contributed by atoms with E-state index < -0.39 is 5.54 Å². The van der Waals surface area contributed by atoms with Gasteiger partial charge in [0.2, 0.25) is 0 Å². The predicted octanol–water partition coefficient (Wildman–Crippen LogP) is 2.76. The molecule has 1 saturated carbocycles. The van der Waals surface area contributed by atoms with Crippen molar-refractivity contribution < 1.29 is 4.79 Å². The SMILES string of the molecule is CC1=NC2(CCCC2)C(=O)N1Cc1ccccc1. The number of amides is 1. The minimum Gasteiger partial charge on any atom is -0.294 e. The molecule has 0 saturated heterocycles. The molecule has 0 aromatic heterocycles. The van der Waals surface area contributed by atoms with Crippen molar-refractivity contribution in [2.75, 3.05) is 0 Å². The van der Waals surface area contributed by atoms with Crippen molar-refractivity contribution in [2.24, 2.45) is 4.99 Å². The van der Waals surface area contributed by atoms with Gasteiger partial charge in [0.1, 0.15) is 11.4 Å². The molecule has 3 nitrogen and oxygen atoms in total. The fourth-order valence-corrected chi connectivity index (χ4v) is 3.05. The Bertz CT molecular complexity index is 486. The van der Waals surface area contributed by atoms with E-state index >= 15 is 0 Å². The summed E-state index contributed by atoms with van der Waals surface area (Å²) in [6.07, 6.45) is 4.10. The third-order valence-electron chi connectivity index (χ3n) is 4.02. The summed E-state index contributed by atoms with van der Waals surface area (Å²) in [6.45, 7) is 2.60. The lowest BCUT2D eigenvalue weighted by atomic mass is 9.98.